The fraction of sp³-hybridized carbons (Fsp3) is 0.133. The van der Waals surface area contributed by atoms with E-state index in [2.05, 4.69) is 0 Å². The lowest BCUT2D eigenvalue weighted by Crippen LogP contribution is -2.02. The molecule has 18 heavy (non-hydrogen) atoms. The lowest BCUT2D eigenvalue weighted by Gasteiger charge is -2.05. The minimum atomic E-state index is -0.0200. The molecule has 0 fully saturated rings. The normalized spacial score (nSPS) is 10.9. The van der Waals surface area contributed by atoms with Crippen LogP contribution in [0.25, 0.3) is 21.9 Å². The van der Waals surface area contributed by atoms with E-state index in [1.165, 1.54) is 0 Å². The second kappa shape index (κ2) is 4.18. The Morgan fingerprint density at radius 3 is 2.67 bits per heavy atom. The molecule has 0 unspecified atom stereocenters. The first-order valence-corrected chi connectivity index (χ1v) is 5.88. The van der Waals surface area contributed by atoms with Gasteiger partial charge in [-0.3, -0.25) is 4.79 Å². The standard InChI is InChI=1S/C15H12O3/c1-2-17-10-7-8-14-12(9-10)15(16)11-5-3-4-6-13(11)18-14/h3-9H,2H2,1H3. The first-order valence-electron chi connectivity index (χ1n) is 5.88. The maximum Gasteiger partial charge on any atom is 0.200 e. The number of para-hydroxylation sites is 1. The van der Waals surface area contributed by atoms with Crippen LogP contribution in [0.3, 0.4) is 0 Å². The third-order valence-corrected chi connectivity index (χ3v) is 2.86. The van der Waals surface area contributed by atoms with Crippen LogP contribution < -0.4 is 10.2 Å². The van der Waals surface area contributed by atoms with E-state index in [0.717, 1.165) is 0 Å². The molecule has 3 rings (SSSR count). The zero-order valence-corrected chi connectivity index (χ0v) is 9.97. The molecule has 1 heterocycles. The van der Waals surface area contributed by atoms with Crippen LogP contribution in [0, 0.1) is 0 Å². The van der Waals surface area contributed by atoms with Gasteiger partial charge in [0.05, 0.1) is 17.4 Å². The van der Waals surface area contributed by atoms with Crippen LogP contribution in [0.5, 0.6) is 5.75 Å². The van der Waals surface area contributed by atoms with Gasteiger partial charge in [-0.2, -0.15) is 0 Å². The maximum absolute atomic E-state index is 12.3. The van der Waals surface area contributed by atoms with Gasteiger partial charge in [0.25, 0.3) is 0 Å². The molecule has 0 atom stereocenters. The Hall–Kier alpha value is -2.29. The second-order valence-electron chi connectivity index (χ2n) is 4.02. The fourth-order valence-corrected chi connectivity index (χ4v) is 2.04. The lowest BCUT2D eigenvalue weighted by molar-refractivity contribution is 0.340. The van der Waals surface area contributed by atoms with Gasteiger partial charge >= 0.3 is 0 Å². The number of hydrogen-bond acceptors (Lipinski definition) is 3. The summed E-state index contributed by atoms with van der Waals surface area (Å²) in [5.41, 5.74) is 1.18. The molecule has 0 N–H and O–H groups in total. The quantitative estimate of drug-likeness (QED) is 0.645. The van der Waals surface area contributed by atoms with Crippen LogP contribution in [0.2, 0.25) is 0 Å². The van der Waals surface area contributed by atoms with Gasteiger partial charge in [-0.1, -0.05) is 12.1 Å². The van der Waals surface area contributed by atoms with Crippen LogP contribution in [0.4, 0.5) is 0 Å². The number of benzene rings is 2. The van der Waals surface area contributed by atoms with E-state index in [9.17, 15) is 4.79 Å². The highest BCUT2D eigenvalue weighted by molar-refractivity contribution is 5.90. The van der Waals surface area contributed by atoms with Crippen LogP contribution in [0.1, 0.15) is 6.92 Å². The fourth-order valence-electron chi connectivity index (χ4n) is 2.04. The number of hydrogen-bond donors (Lipinski definition) is 0. The van der Waals surface area contributed by atoms with Gasteiger partial charge in [-0.05, 0) is 37.3 Å². The Bertz CT molecular complexity index is 771. The molecule has 2 aromatic carbocycles. The van der Waals surface area contributed by atoms with Crippen molar-refractivity contribution in [2.75, 3.05) is 6.61 Å². The summed E-state index contributed by atoms with van der Waals surface area (Å²) in [7, 11) is 0. The molecule has 3 aromatic rings. The molecule has 0 aliphatic rings. The maximum atomic E-state index is 12.3. The molecule has 90 valence electrons. The van der Waals surface area contributed by atoms with E-state index >= 15 is 0 Å². The topological polar surface area (TPSA) is 39.4 Å². The van der Waals surface area contributed by atoms with E-state index in [1.807, 2.05) is 25.1 Å². The predicted octanol–water partition coefficient (Wildman–Crippen LogP) is 3.34. The summed E-state index contributed by atoms with van der Waals surface area (Å²) in [4.78, 5) is 12.3. The summed E-state index contributed by atoms with van der Waals surface area (Å²) < 4.78 is 11.1. The van der Waals surface area contributed by atoms with Gasteiger partial charge in [-0.15, -0.1) is 0 Å². The van der Waals surface area contributed by atoms with Gasteiger partial charge < -0.3 is 9.15 Å². The highest BCUT2D eigenvalue weighted by Crippen LogP contribution is 2.22. The van der Waals surface area contributed by atoms with Crippen molar-refractivity contribution in [1.82, 2.24) is 0 Å². The Kier molecular flexibility index (Phi) is 2.52. The summed E-state index contributed by atoms with van der Waals surface area (Å²) in [6.45, 7) is 2.48. The van der Waals surface area contributed by atoms with Crippen molar-refractivity contribution in [1.29, 1.82) is 0 Å². The van der Waals surface area contributed by atoms with Gasteiger partial charge in [0.15, 0.2) is 0 Å². The Balaban J connectivity index is 2.38. The van der Waals surface area contributed by atoms with Gasteiger partial charge in [0.2, 0.25) is 5.43 Å². The van der Waals surface area contributed by atoms with Crippen molar-refractivity contribution in [3.05, 3.63) is 52.7 Å². The highest BCUT2D eigenvalue weighted by atomic mass is 16.5. The minimum Gasteiger partial charge on any atom is -0.494 e. The molecule has 0 bridgehead atoms. The van der Waals surface area contributed by atoms with Crippen molar-refractivity contribution >= 4 is 21.9 Å². The average Bonchev–Trinajstić information content (AvgIpc) is 2.40. The summed E-state index contributed by atoms with van der Waals surface area (Å²) in [6.07, 6.45) is 0. The Morgan fingerprint density at radius 1 is 1.06 bits per heavy atom. The Labute approximate surface area is 104 Å². The SMILES string of the molecule is CCOc1ccc2oc3ccccc3c(=O)c2c1. The first kappa shape index (κ1) is 10.8. The molecule has 0 saturated heterocycles. The zero-order chi connectivity index (χ0) is 12.5. The lowest BCUT2D eigenvalue weighted by atomic mass is 10.1. The Morgan fingerprint density at radius 2 is 1.83 bits per heavy atom. The molecule has 3 heteroatoms. The molecular formula is C15H12O3. The predicted molar refractivity (Wildman–Crippen MR) is 71.2 cm³/mol. The average molecular weight is 240 g/mol. The van der Waals surface area contributed by atoms with E-state index in [0.29, 0.717) is 34.3 Å². The van der Waals surface area contributed by atoms with Crippen LogP contribution in [-0.2, 0) is 0 Å². The van der Waals surface area contributed by atoms with Crippen molar-refractivity contribution in [2.24, 2.45) is 0 Å². The summed E-state index contributed by atoms with van der Waals surface area (Å²) in [6, 6.07) is 12.6. The third kappa shape index (κ3) is 1.64. The van der Waals surface area contributed by atoms with Gasteiger partial charge in [0.1, 0.15) is 16.9 Å². The largest absolute Gasteiger partial charge is 0.494 e. The minimum absolute atomic E-state index is 0.0200. The van der Waals surface area contributed by atoms with E-state index < -0.39 is 0 Å². The third-order valence-electron chi connectivity index (χ3n) is 2.86. The smallest absolute Gasteiger partial charge is 0.200 e. The van der Waals surface area contributed by atoms with E-state index in [-0.39, 0.29) is 5.43 Å². The number of rotatable bonds is 2. The summed E-state index contributed by atoms with van der Waals surface area (Å²) in [5.74, 6) is 0.688. The summed E-state index contributed by atoms with van der Waals surface area (Å²) in [5, 5.41) is 1.15. The zero-order valence-electron chi connectivity index (χ0n) is 9.97. The molecule has 0 aliphatic carbocycles. The monoisotopic (exact) mass is 240 g/mol. The molecule has 0 spiro atoms. The molecule has 0 radical (unpaired) electrons. The van der Waals surface area contributed by atoms with Crippen molar-refractivity contribution in [2.45, 2.75) is 6.92 Å². The summed E-state index contributed by atoms with van der Waals surface area (Å²) >= 11 is 0. The van der Waals surface area contributed by atoms with Crippen LogP contribution in [0.15, 0.2) is 51.7 Å². The highest BCUT2D eigenvalue weighted by Gasteiger charge is 2.07. The van der Waals surface area contributed by atoms with Crippen molar-refractivity contribution in [3.8, 4) is 5.75 Å². The molecule has 3 nitrogen and oxygen atoms in total. The van der Waals surface area contributed by atoms with Crippen LogP contribution >= 0.6 is 0 Å². The molecule has 1 aromatic heterocycles. The van der Waals surface area contributed by atoms with Crippen molar-refractivity contribution < 1.29 is 9.15 Å². The number of fused-ring (bicyclic) bond motifs is 2. The molecule has 0 amide bonds. The number of ether oxygens (including phenoxy) is 1. The van der Waals surface area contributed by atoms with Crippen molar-refractivity contribution in [3.63, 3.8) is 0 Å². The molecular weight excluding hydrogens is 228 g/mol. The van der Waals surface area contributed by atoms with Gasteiger partial charge in [0, 0.05) is 0 Å². The van der Waals surface area contributed by atoms with Gasteiger partial charge in [-0.25, -0.2) is 0 Å². The van der Waals surface area contributed by atoms with Crippen LogP contribution in [-0.4, -0.2) is 6.61 Å². The molecule has 0 aliphatic heterocycles. The van der Waals surface area contributed by atoms with E-state index in [4.69, 9.17) is 9.15 Å². The molecule has 0 saturated carbocycles. The first-order chi connectivity index (χ1) is 8.79. The van der Waals surface area contributed by atoms with E-state index in [1.54, 1.807) is 24.3 Å². The second-order valence-corrected chi connectivity index (χ2v) is 4.02.